The van der Waals surface area contributed by atoms with Crippen molar-refractivity contribution in [2.45, 2.75) is 6.61 Å². The van der Waals surface area contributed by atoms with Crippen LogP contribution in [0.1, 0.15) is 21.5 Å². The second-order valence-electron chi connectivity index (χ2n) is 6.70. The predicted octanol–water partition coefficient (Wildman–Crippen LogP) is 5.48. The van der Waals surface area contributed by atoms with E-state index < -0.39 is 5.97 Å². The minimum Gasteiger partial charge on any atom is -0.493 e. The summed E-state index contributed by atoms with van der Waals surface area (Å²) < 4.78 is 16.8. The van der Waals surface area contributed by atoms with Crippen molar-refractivity contribution in [1.29, 1.82) is 0 Å². The van der Waals surface area contributed by atoms with Gasteiger partial charge in [-0.1, -0.05) is 30.3 Å². The van der Waals surface area contributed by atoms with Crippen molar-refractivity contribution >= 4 is 39.6 Å². The van der Waals surface area contributed by atoms with Gasteiger partial charge in [-0.05, 0) is 69.5 Å². The third kappa shape index (κ3) is 6.21. The molecule has 0 fully saturated rings. The van der Waals surface area contributed by atoms with Gasteiger partial charge in [-0.2, -0.15) is 0 Å². The fourth-order valence-electron chi connectivity index (χ4n) is 2.87. The number of hydrogen-bond donors (Lipinski definition) is 1. The van der Waals surface area contributed by atoms with Crippen LogP contribution >= 0.6 is 15.9 Å². The van der Waals surface area contributed by atoms with Crippen molar-refractivity contribution in [3.63, 3.8) is 0 Å². The average molecular weight is 496 g/mol. The highest BCUT2D eigenvalue weighted by molar-refractivity contribution is 9.10. The second kappa shape index (κ2) is 11.2. The first-order chi connectivity index (χ1) is 15.5. The molecule has 0 saturated heterocycles. The first-order valence-corrected chi connectivity index (χ1v) is 10.5. The number of hydrogen-bond acceptors (Lipinski definition) is 5. The molecular formula is C25H22BrNO5. The van der Waals surface area contributed by atoms with E-state index in [1.165, 1.54) is 13.2 Å². The fourth-order valence-corrected chi connectivity index (χ4v) is 3.44. The Morgan fingerprint density at radius 1 is 1.00 bits per heavy atom. The minimum atomic E-state index is -0.432. The smallest absolute Gasteiger partial charge is 0.337 e. The van der Waals surface area contributed by atoms with Gasteiger partial charge in [-0.25, -0.2) is 4.79 Å². The van der Waals surface area contributed by atoms with Crippen molar-refractivity contribution in [2.24, 2.45) is 0 Å². The molecule has 0 aliphatic heterocycles. The first kappa shape index (κ1) is 23.1. The summed E-state index contributed by atoms with van der Waals surface area (Å²) in [5.41, 5.74) is 2.78. The monoisotopic (exact) mass is 495 g/mol. The summed E-state index contributed by atoms with van der Waals surface area (Å²) >= 11 is 3.52. The van der Waals surface area contributed by atoms with Gasteiger partial charge in [0.1, 0.15) is 6.61 Å². The van der Waals surface area contributed by atoms with E-state index in [1.54, 1.807) is 43.5 Å². The summed E-state index contributed by atoms with van der Waals surface area (Å²) in [5.74, 6) is 0.395. The summed E-state index contributed by atoms with van der Waals surface area (Å²) in [6.45, 7) is 0.405. The number of rotatable bonds is 8. The number of esters is 1. The Kier molecular flexibility index (Phi) is 8.05. The number of benzene rings is 3. The number of amides is 1. The van der Waals surface area contributed by atoms with Crippen molar-refractivity contribution in [1.82, 2.24) is 0 Å². The van der Waals surface area contributed by atoms with Crippen LogP contribution in [-0.4, -0.2) is 26.1 Å². The third-order valence-corrected chi connectivity index (χ3v) is 5.07. The Balaban J connectivity index is 1.66. The van der Waals surface area contributed by atoms with Gasteiger partial charge >= 0.3 is 5.97 Å². The zero-order chi connectivity index (χ0) is 22.9. The summed E-state index contributed by atoms with van der Waals surface area (Å²) in [6, 6.07) is 19.9. The summed E-state index contributed by atoms with van der Waals surface area (Å²) in [5, 5.41) is 2.74. The standard InChI is InChI=1S/C25H22BrNO5/c1-30-22-15-18(14-21(26)24(22)32-16-17-6-4-3-5-7-17)8-13-23(28)27-20-11-9-19(10-12-20)25(29)31-2/h3-15H,16H2,1-2H3,(H,27,28)/b13-8+. The van der Waals surface area contributed by atoms with Crippen molar-refractivity contribution in [2.75, 3.05) is 19.5 Å². The normalized spacial score (nSPS) is 10.6. The van der Waals surface area contributed by atoms with Gasteiger partial charge < -0.3 is 19.5 Å². The third-order valence-electron chi connectivity index (χ3n) is 4.48. The van der Waals surface area contributed by atoms with Crippen LogP contribution in [0.3, 0.4) is 0 Å². The van der Waals surface area contributed by atoms with E-state index in [0.717, 1.165) is 11.1 Å². The Hall–Kier alpha value is -3.58. The van der Waals surface area contributed by atoms with Gasteiger partial charge in [0.2, 0.25) is 5.91 Å². The van der Waals surface area contributed by atoms with Crippen LogP contribution < -0.4 is 14.8 Å². The molecule has 0 bridgehead atoms. The number of ether oxygens (including phenoxy) is 3. The van der Waals surface area contributed by atoms with Gasteiger partial charge in [0.15, 0.2) is 11.5 Å². The molecule has 3 aromatic carbocycles. The van der Waals surface area contributed by atoms with Gasteiger partial charge in [-0.15, -0.1) is 0 Å². The molecular weight excluding hydrogens is 474 g/mol. The Morgan fingerprint density at radius 2 is 1.72 bits per heavy atom. The molecule has 0 saturated carbocycles. The lowest BCUT2D eigenvalue weighted by atomic mass is 10.1. The largest absolute Gasteiger partial charge is 0.493 e. The molecule has 0 atom stereocenters. The second-order valence-corrected chi connectivity index (χ2v) is 7.55. The van der Waals surface area contributed by atoms with Crippen LogP contribution in [-0.2, 0) is 16.1 Å². The van der Waals surface area contributed by atoms with E-state index >= 15 is 0 Å². The highest BCUT2D eigenvalue weighted by Crippen LogP contribution is 2.37. The number of methoxy groups -OCH3 is 2. The van der Waals surface area contributed by atoms with Crippen LogP contribution in [0.15, 0.2) is 77.3 Å². The number of carbonyl (C=O) groups excluding carboxylic acids is 2. The molecule has 1 amide bonds. The SMILES string of the molecule is COC(=O)c1ccc(NC(=O)/C=C/c2cc(Br)c(OCc3ccccc3)c(OC)c2)cc1. The average Bonchev–Trinajstić information content (AvgIpc) is 2.82. The van der Waals surface area contributed by atoms with Crippen molar-refractivity contribution in [3.05, 3.63) is 94.0 Å². The van der Waals surface area contributed by atoms with Crippen LogP contribution in [0, 0.1) is 0 Å². The topological polar surface area (TPSA) is 73.9 Å². The molecule has 0 heterocycles. The molecule has 3 aromatic rings. The Morgan fingerprint density at radius 3 is 2.38 bits per heavy atom. The van der Waals surface area contributed by atoms with Crippen LogP contribution in [0.5, 0.6) is 11.5 Å². The van der Waals surface area contributed by atoms with Crippen LogP contribution in [0.2, 0.25) is 0 Å². The van der Waals surface area contributed by atoms with E-state index in [9.17, 15) is 9.59 Å². The number of halogens is 1. The zero-order valence-electron chi connectivity index (χ0n) is 17.6. The van der Waals surface area contributed by atoms with Gasteiger partial charge in [0.05, 0.1) is 24.3 Å². The predicted molar refractivity (Wildman–Crippen MR) is 127 cm³/mol. The molecule has 32 heavy (non-hydrogen) atoms. The van der Waals surface area contributed by atoms with Gasteiger partial charge in [-0.3, -0.25) is 4.79 Å². The number of nitrogens with one attached hydrogen (secondary N) is 1. The van der Waals surface area contributed by atoms with E-state index in [2.05, 4.69) is 26.0 Å². The lowest BCUT2D eigenvalue weighted by Crippen LogP contribution is -2.08. The van der Waals surface area contributed by atoms with Crippen LogP contribution in [0.4, 0.5) is 5.69 Å². The van der Waals surface area contributed by atoms with Crippen LogP contribution in [0.25, 0.3) is 6.08 Å². The van der Waals surface area contributed by atoms with Gasteiger partial charge in [0.25, 0.3) is 0 Å². The number of carbonyl (C=O) groups is 2. The first-order valence-electron chi connectivity index (χ1n) is 9.72. The molecule has 0 aromatic heterocycles. The summed E-state index contributed by atoms with van der Waals surface area (Å²) in [6.07, 6.45) is 3.09. The molecule has 0 aliphatic carbocycles. The Bertz CT molecular complexity index is 1110. The molecule has 7 heteroatoms. The Labute approximate surface area is 194 Å². The maximum atomic E-state index is 12.3. The minimum absolute atomic E-state index is 0.310. The quantitative estimate of drug-likeness (QED) is 0.331. The molecule has 6 nitrogen and oxygen atoms in total. The van der Waals surface area contributed by atoms with Crippen molar-refractivity contribution in [3.8, 4) is 11.5 Å². The molecule has 164 valence electrons. The molecule has 0 radical (unpaired) electrons. The molecule has 1 N–H and O–H groups in total. The fraction of sp³-hybridized carbons (Fsp3) is 0.120. The molecule has 0 spiro atoms. The molecule has 0 unspecified atom stereocenters. The van der Waals surface area contributed by atoms with E-state index in [0.29, 0.717) is 33.8 Å². The molecule has 0 aliphatic rings. The zero-order valence-corrected chi connectivity index (χ0v) is 19.2. The summed E-state index contributed by atoms with van der Waals surface area (Å²) in [7, 11) is 2.88. The maximum absolute atomic E-state index is 12.3. The lowest BCUT2D eigenvalue weighted by molar-refractivity contribution is -0.111. The van der Waals surface area contributed by atoms with Gasteiger partial charge in [0, 0.05) is 11.8 Å². The molecule has 3 rings (SSSR count). The lowest BCUT2D eigenvalue weighted by Gasteiger charge is -2.13. The number of anilines is 1. The van der Waals surface area contributed by atoms with Crippen molar-refractivity contribution < 1.29 is 23.8 Å². The van der Waals surface area contributed by atoms with E-state index in [1.807, 2.05) is 36.4 Å². The summed E-state index contributed by atoms with van der Waals surface area (Å²) in [4.78, 5) is 23.7. The van der Waals surface area contributed by atoms with E-state index in [-0.39, 0.29) is 5.91 Å². The highest BCUT2D eigenvalue weighted by Gasteiger charge is 2.12. The highest BCUT2D eigenvalue weighted by atomic mass is 79.9. The van der Waals surface area contributed by atoms with E-state index in [4.69, 9.17) is 9.47 Å². The maximum Gasteiger partial charge on any atom is 0.337 e.